The summed E-state index contributed by atoms with van der Waals surface area (Å²) in [5.74, 6) is 0.762. The van der Waals surface area contributed by atoms with Gasteiger partial charge in [-0.05, 0) is 18.2 Å². The van der Waals surface area contributed by atoms with E-state index >= 15 is 0 Å². The van der Waals surface area contributed by atoms with E-state index in [1.54, 1.807) is 35.3 Å². The van der Waals surface area contributed by atoms with Crippen LogP contribution in [0.15, 0.2) is 49.1 Å². The van der Waals surface area contributed by atoms with Crippen LogP contribution in [0, 0.1) is 0 Å². The summed E-state index contributed by atoms with van der Waals surface area (Å²) in [5, 5.41) is 5.89. The van der Waals surface area contributed by atoms with Crippen molar-refractivity contribution in [2.75, 3.05) is 5.73 Å². The van der Waals surface area contributed by atoms with Crippen molar-refractivity contribution in [1.29, 1.82) is 0 Å². The lowest BCUT2D eigenvalue weighted by molar-refractivity contribution is 0.825. The number of rotatable bonds is 2. The molecule has 4 aromatic rings. The Kier molecular flexibility index (Phi) is 3.13. The van der Waals surface area contributed by atoms with Crippen LogP contribution in [0.4, 0.5) is 5.82 Å². The quantitative estimate of drug-likeness (QED) is 0.609. The number of nitrogen functional groups attached to an aromatic ring is 1. The van der Waals surface area contributed by atoms with Crippen LogP contribution < -0.4 is 5.73 Å². The number of hydrogen-bond donors (Lipinski definition) is 1. The van der Waals surface area contributed by atoms with E-state index in [-0.39, 0.29) is 0 Å². The molecule has 0 bridgehead atoms. The van der Waals surface area contributed by atoms with Gasteiger partial charge in [-0.25, -0.2) is 19.9 Å². The Morgan fingerprint density at radius 1 is 0.957 bits per heavy atom. The third-order valence-electron chi connectivity index (χ3n) is 3.35. The Hall–Kier alpha value is -3.06. The summed E-state index contributed by atoms with van der Waals surface area (Å²) in [6.07, 6.45) is 4.68. The number of anilines is 1. The Bertz CT molecular complexity index is 980. The maximum atomic E-state index is 6.04. The van der Waals surface area contributed by atoms with Crippen LogP contribution in [0.3, 0.4) is 0 Å². The normalized spacial score (nSPS) is 11.0. The van der Waals surface area contributed by atoms with E-state index in [1.165, 1.54) is 6.33 Å². The van der Waals surface area contributed by atoms with E-state index < -0.39 is 0 Å². The minimum Gasteiger partial charge on any atom is -0.383 e. The lowest BCUT2D eigenvalue weighted by atomic mass is 10.1. The van der Waals surface area contributed by atoms with Crippen LogP contribution in [-0.2, 0) is 0 Å². The Morgan fingerprint density at radius 2 is 1.70 bits per heavy atom. The van der Waals surface area contributed by atoms with Gasteiger partial charge in [-0.1, -0.05) is 23.7 Å². The monoisotopic (exact) mass is 323 g/mol. The average molecular weight is 324 g/mol. The molecular weight excluding hydrogens is 314 g/mol. The van der Waals surface area contributed by atoms with Gasteiger partial charge in [0, 0.05) is 23.0 Å². The largest absolute Gasteiger partial charge is 0.383 e. The van der Waals surface area contributed by atoms with E-state index in [0.29, 0.717) is 33.5 Å². The van der Waals surface area contributed by atoms with E-state index in [2.05, 4.69) is 25.0 Å². The van der Waals surface area contributed by atoms with Gasteiger partial charge in [-0.2, -0.15) is 9.78 Å². The summed E-state index contributed by atoms with van der Waals surface area (Å²) in [7, 11) is 0. The molecule has 0 radical (unpaired) electrons. The predicted molar refractivity (Wildman–Crippen MR) is 87.1 cm³/mol. The Labute approximate surface area is 135 Å². The van der Waals surface area contributed by atoms with Crippen LogP contribution in [-0.4, -0.2) is 29.7 Å². The molecule has 8 heteroatoms. The standard InChI is InChI=1S/C15H10ClN7/c16-10-4-2-9(3-5-10)12-11-13(17)20-8-21-14(11)23(22-12)15-18-6-1-7-19-15/h1-8H,(H2,17,20,21). The summed E-state index contributed by atoms with van der Waals surface area (Å²) in [6, 6.07) is 9.06. The van der Waals surface area contributed by atoms with Gasteiger partial charge in [0.15, 0.2) is 5.65 Å². The molecule has 0 aliphatic heterocycles. The first-order valence-electron chi connectivity index (χ1n) is 6.76. The number of halogens is 1. The predicted octanol–water partition coefficient (Wildman–Crippen LogP) is 2.51. The minimum atomic E-state index is 0.349. The van der Waals surface area contributed by atoms with Gasteiger partial charge in [0.2, 0.25) is 0 Å². The van der Waals surface area contributed by atoms with Crippen molar-refractivity contribution in [3.05, 3.63) is 54.1 Å². The van der Waals surface area contributed by atoms with Crippen molar-refractivity contribution in [3.63, 3.8) is 0 Å². The summed E-state index contributed by atoms with van der Waals surface area (Å²) in [6.45, 7) is 0. The first kappa shape index (κ1) is 13.6. The lowest BCUT2D eigenvalue weighted by Crippen LogP contribution is -2.03. The molecule has 0 unspecified atom stereocenters. The second-order valence-electron chi connectivity index (χ2n) is 4.77. The first-order chi connectivity index (χ1) is 11.2. The van der Waals surface area contributed by atoms with Gasteiger partial charge in [0.25, 0.3) is 5.95 Å². The molecule has 1 aromatic carbocycles. The van der Waals surface area contributed by atoms with Crippen LogP contribution in [0.2, 0.25) is 5.02 Å². The minimum absolute atomic E-state index is 0.349. The third kappa shape index (κ3) is 2.27. The molecule has 2 N–H and O–H groups in total. The molecule has 0 amide bonds. The van der Waals surface area contributed by atoms with Crippen molar-refractivity contribution in [1.82, 2.24) is 29.7 Å². The molecule has 0 aliphatic carbocycles. The number of hydrogen-bond acceptors (Lipinski definition) is 6. The van der Waals surface area contributed by atoms with Crippen LogP contribution in [0.5, 0.6) is 0 Å². The highest BCUT2D eigenvalue weighted by atomic mass is 35.5. The Morgan fingerprint density at radius 3 is 2.43 bits per heavy atom. The molecule has 0 saturated heterocycles. The molecule has 3 heterocycles. The van der Waals surface area contributed by atoms with Gasteiger partial charge in [-0.3, -0.25) is 0 Å². The molecule has 0 aliphatic rings. The van der Waals surface area contributed by atoms with E-state index in [9.17, 15) is 0 Å². The van der Waals surface area contributed by atoms with Crippen LogP contribution in [0.25, 0.3) is 28.2 Å². The first-order valence-corrected chi connectivity index (χ1v) is 7.14. The Balaban J connectivity index is 2.04. The summed E-state index contributed by atoms with van der Waals surface area (Å²) in [5.41, 5.74) is 8.11. The van der Waals surface area contributed by atoms with Gasteiger partial charge < -0.3 is 5.73 Å². The van der Waals surface area contributed by atoms with Crippen molar-refractivity contribution in [2.24, 2.45) is 0 Å². The smallest absolute Gasteiger partial charge is 0.252 e. The highest BCUT2D eigenvalue weighted by Crippen LogP contribution is 2.31. The fourth-order valence-corrected chi connectivity index (χ4v) is 2.45. The zero-order chi connectivity index (χ0) is 15.8. The van der Waals surface area contributed by atoms with Gasteiger partial charge in [-0.15, -0.1) is 0 Å². The third-order valence-corrected chi connectivity index (χ3v) is 3.61. The molecule has 0 fully saturated rings. The van der Waals surface area contributed by atoms with Gasteiger partial charge >= 0.3 is 0 Å². The highest BCUT2D eigenvalue weighted by molar-refractivity contribution is 6.30. The number of nitrogens with two attached hydrogens (primary N) is 1. The average Bonchev–Trinajstić information content (AvgIpc) is 2.97. The van der Waals surface area contributed by atoms with E-state index in [0.717, 1.165) is 5.56 Å². The fourth-order valence-electron chi connectivity index (χ4n) is 2.32. The van der Waals surface area contributed by atoms with E-state index in [4.69, 9.17) is 17.3 Å². The second kappa shape index (κ2) is 5.29. The topological polar surface area (TPSA) is 95.4 Å². The SMILES string of the molecule is Nc1ncnc2c1c(-c1ccc(Cl)cc1)nn2-c1ncccn1. The molecule has 0 saturated carbocycles. The maximum absolute atomic E-state index is 6.04. The molecular formula is C15H10ClN7. The highest BCUT2D eigenvalue weighted by Gasteiger charge is 2.18. The maximum Gasteiger partial charge on any atom is 0.252 e. The molecule has 4 rings (SSSR count). The summed E-state index contributed by atoms with van der Waals surface area (Å²) >= 11 is 5.95. The molecule has 7 nitrogen and oxygen atoms in total. The number of nitrogens with zero attached hydrogens (tertiary/aromatic N) is 6. The fraction of sp³-hybridized carbons (Fsp3) is 0. The molecule has 0 atom stereocenters. The van der Waals surface area contributed by atoms with Crippen molar-refractivity contribution in [3.8, 4) is 17.2 Å². The van der Waals surface area contributed by atoms with Crippen molar-refractivity contribution < 1.29 is 0 Å². The molecule has 3 aromatic heterocycles. The van der Waals surface area contributed by atoms with Gasteiger partial charge in [0.1, 0.15) is 17.8 Å². The van der Waals surface area contributed by atoms with E-state index in [1.807, 2.05) is 12.1 Å². The van der Waals surface area contributed by atoms with Crippen LogP contribution in [0.1, 0.15) is 0 Å². The number of aromatic nitrogens is 6. The lowest BCUT2D eigenvalue weighted by Gasteiger charge is -1.99. The summed E-state index contributed by atoms with van der Waals surface area (Å²) in [4.78, 5) is 16.8. The van der Waals surface area contributed by atoms with Crippen molar-refractivity contribution in [2.45, 2.75) is 0 Å². The molecule has 23 heavy (non-hydrogen) atoms. The van der Waals surface area contributed by atoms with Crippen molar-refractivity contribution >= 4 is 28.5 Å². The zero-order valence-corrected chi connectivity index (χ0v) is 12.5. The van der Waals surface area contributed by atoms with Crippen LogP contribution >= 0.6 is 11.6 Å². The van der Waals surface area contributed by atoms with Gasteiger partial charge in [0.05, 0.1) is 5.39 Å². The molecule has 112 valence electrons. The number of fused-ring (bicyclic) bond motifs is 1. The number of benzene rings is 1. The second-order valence-corrected chi connectivity index (χ2v) is 5.21. The zero-order valence-electron chi connectivity index (χ0n) is 11.8. The molecule has 0 spiro atoms. The summed E-state index contributed by atoms with van der Waals surface area (Å²) < 4.78 is 1.55.